The Balaban J connectivity index is 2.42. The molecule has 2 amide bonds. The van der Waals surface area contributed by atoms with Gasteiger partial charge in [-0.25, -0.2) is 8.42 Å². The third kappa shape index (κ3) is 8.25. The quantitative estimate of drug-likeness (QED) is 0.448. The van der Waals surface area contributed by atoms with Crippen LogP contribution in [-0.2, 0) is 32.6 Å². The average molecular weight is 522 g/mol. The molecule has 2 aromatic carbocycles. The Labute approximate surface area is 214 Å². The number of anilines is 1. The Bertz CT molecular complexity index is 1090. The van der Waals surface area contributed by atoms with Crippen LogP contribution < -0.4 is 9.62 Å². The number of amides is 2. The summed E-state index contributed by atoms with van der Waals surface area (Å²) in [5, 5.41) is 3.51. The summed E-state index contributed by atoms with van der Waals surface area (Å²) in [6, 6.07) is 13.3. The highest BCUT2D eigenvalue weighted by atomic mass is 35.5. The van der Waals surface area contributed by atoms with E-state index in [9.17, 15) is 18.0 Å². The van der Waals surface area contributed by atoms with Crippen molar-refractivity contribution >= 4 is 39.1 Å². The Morgan fingerprint density at radius 3 is 2.00 bits per heavy atom. The summed E-state index contributed by atoms with van der Waals surface area (Å²) in [7, 11) is -3.75. The summed E-state index contributed by atoms with van der Waals surface area (Å²) < 4.78 is 26.4. The standard InChI is InChI=1S/C26H36ClN3O4S/c1-6-19(4)28-26(32)24(8-3)29(17-21-9-13-22(27)14-10-21)25(31)18-30(35(5,33)34)23-15-11-20(7-2)12-16-23/h9-16,19,24H,6-8,17-18H2,1-5H3,(H,28,32)/t19-,24+/m0/s1. The minimum Gasteiger partial charge on any atom is -0.352 e. The van der Waals surface area contributed by atoms with Crippen LogP contribution in [0.5, 0.6) is 0 Å². The van der Waals surface area contributed by atoms with Gasteiger partial charge in [-0.05, 0) is 61.6 Å². The van der Waals surface area contributed by atoms with E-state index in [1.165, 1.54) is 4.90 Å². The second kappa shape index (κ2) is 12.9. The molecule has 2 atom stereocenters. The first kappa shape index (κ1) is 28.7. The zero-order valence-electron chi connectivity index (χ0n) is 21.1. The van der Waals surface area contributed by atoms with Crippen LogP contribution in [0.25, 0.3) is 0 Å². The third-order valence-electron chi connectivity index (χ3n) is 5.96. The van der Waals surface area contributed by atoms with Crippen molar-refractivity contribution in [1.29, 1.82) is 0 Å². The summed E-state index contributed by atoms with van der Waals surface area (Å²) in [4.78, 5) is 28.2. The van der Waals surface area contributed by atoms with Gasteiger partial charge in [0.15, 0.2) is 0 Å². The van der Waals surface area contributed by atoms with Crippen LogP contribution in [0.1, 0.15) is 51.7 Å². The number of rotatable bonds is 12. The normalized spacial score (nSPS) is 13.1. The van der Waals surface area contributed by atoms with Crippen LogP contribution in [-0.4, -0.2) is 50.0 Å². The minimum atomic E-state index is -3.75. The number of hydrogen-bond acceptors (Lipinski definition) is 4. The van der Waals surface area contributed by atoms with Crippen LogP contribution in [0.4, 0.5) is 5.69 Å². The fraction of sp³-hybridized carbons (Fsp3) is 0.462. The van der Waals surface area contributed by atoms with Gasteiger partial charge in [0.2, 0.25) is 21.8 Å². The number of sulfonamides is 1. The largest absolute Gasteiger partial charge is 0.352 e. The van der Waals surface area contributed by atoms with Gasteiger partial charge in [0.05, 0.1) is 11.9 Å². The van der Waals surface area contributed by atoms with Crippen molar-refractivity contribution in [3.8, 4) is 0 Å². The lowest BCUT2D eigenvalue weighted by molar-refractivity contribution is -0.140. The maximum absolute atomic E-state index is 13.6. The van der Waals surface area contributed by atoms with Gasteiger partial charge in [-0.1, -0.05) is 56.6 Å². The van der Waals surface area contributed by atoms with Crippen molar-refractivity contribution in [2.24, 2.45) is 0 Å². The highest BCUT2D eigenvalue weighted by Gasteiger charge is 2.32. The molecular weight excluding hydrogens is 486 g/mol. The monoisotopic (exact) mass is 521 g/mol. The van der Waals surface area contributed by atoms with Gasteiger partial charge in [-0.15, -0.1) is 0 Å². The summed E-state index contributed by atoms with van der Waals surface area (Å²) in [6.45, 7) is 7.45. The van der Waals surface area contributed by atoms with Gasteiger partial charge in [-0.3, -0.25) is 13.9 Å². The summed E-state index contributed by atoms with van der Waals surface area (Å²) in [5.74, 6) is -0.724. The van der Waals surface area contributed by atoms with E-state index in [-0.39, 0.29) is 18.5 Å². The van der Waals surface area contributed by atoms with Crippen molar-refractivity contribution in [1.82, 2.24) is 10.2 Å². The van der Waals surface area contributed by atoms with Gasteiger partial charge in [0, 0.05) is 17.6 Å². The average Bonchev–Trinajstić information content (AvgIpc) is 2.82. The SMILES string of the molecule is CCc1ccc(N(CC(=O)N(Cc2ccc(Cl)cc2)[C@H](CC)C(=O)N[C@@H](C)CC)S(C)(=O)=O)cc1. The fourth-order valence-corrected chi connectivity index (χ4v) is 4.63. The van der Waals surface area contributed by atoms with E-state index < -0.39 is 28.5 Å². The molecule has 0 aromatic heterocycles. The molecule has 0 bridgehead atoms. The van der Waals surface area contributed by atoms with E-state index in [2.05, 4.69) is 5.32 Å². The van der Waals surface area contributed by atoms with Gasteiger partial charge in [0.1, 0.15) is 12.6 Å². The van der Waals surface area contributed by atoms with Crippen molar-refractivity contribution in [3.05, 3.63) is 64.7 Å². The summed E-state index contributed by atoms with van der Waals surface area (Å²) >= 11 is 6.01. The number of hydrogen-bond donors (Lipinski definition) is 1. The van der Waals surface area contributed by atoms with Gasteiger partial charge >= 0.3 is 0 Å². The number of halogens is 1. The number of nitrogens with zero attached hydrogens (tertiary/aromatic N) is 2. The van der Waals surface area contributed by atoms with E-state index in [0.717, 1.165) is 34.5 Å². The molecule has 0 aliphatic rings. The number of carbonyl (C=O) groups is 2. The Morgan fingerprint density at radius 2 is 1.51 bits per heavy atom. The lowest BCUT2D eigenvalue weighted by atomic mass is 10.1. The maximum atomic E-state index is 13.6. The first-order chi connectivity index (χ1) is 16.5. The van der Waals surface area contributed by atoms with Gasteiger partial charge in [0.25, 0.3) is 0 Å². The van der Waals surface area contributed by atoms with Crippen molar-refractivity contribution in [3.63, 3.8) is 0 Å². The lowest BCUT2D eigenvalue weighted by Gasteiger charge is -2.33. The number of benzene rings is 2. The molecule has 0 saturated heterocycles. The molecule has 0 fully saturated rings. The number of carbonyl (C=O) groups excluding carboxylic acids is 2. The van der Waals surface area contributed by atoms with E-state index in [1.807, 2.05) is 39.8 Å². The van der Waals surface area contributed by atoms with Crippen molar-refractivity contribution in [2.75, 3.05) is 17.1 Å². The second-order valence-electron chi connectivity index (χ2n) is 8.68. The molecule has 0 heterocycles. The molecular formula is C26H36ClN3O4S. The molecule has 0 spiro atoms. The summed E-state index contributed by atoms with van der Waals surface area (Å²) in [5.41, 5.74) is 2.25. The molecule has 0 aliphatic heterocycles. The van der Waals surface area contributed by atoms with Gasteiger partial charge < -0.3 is 10.2 Å². The molecule has 7 nitrogen and oxygen atoms in total. The zero-order valence-corrected chi connectivity index (χ0v) is 22.7. The highest BCUT2D eigenvalue weighted by molar-refractivity contribution is 7.92. The van der Waals surface area contributed by atoms with E-state index in [0.29, 0.717) is 17.1 Å². The zero-order chi connectivity index (χ0) is 26.2. The van der Waals surface area contributed by atoms with Crippen LogP contribution in [0.15, 0.2) is 48.5 Å². The molecule has 35 heavy (non-hydrogen) atoms. The Kier molecular flexibility index (Phi) is 10.6. The maximum Gasteiger partial charge on any atom is 0.244 e. The molecule has 0 aliphatic carbocycles. The number of nitrogens with one attached hydrogen (secondary N) is 1. The highest BCUT2D eigenvalue weighted by Crippen LogP contribution is 2.21. The first-order valence-corrected chi connectivity index (χ1v) is 14.1. The second-order valence-corrected chi connectivity index (χ2v) is 11.0. The topological polar surface area (TPSA) is 86.8 Å². The molecule has 2 rings (SSSR count). The fourth-order valence-electron chi connectivity index (χ4n) is 3.66. The van der Waals surface area contributed by atoms with Crippen LogP contribution in [0.2, 0.25) is 5.02 Å². The molecule has 192 valence electrons. The molecule has 0 unspecified atom stereocenters. The number of aryl methyl sites for hydroxylation is 1. The van der Waals surface area contributed by atoms with Crippen LogP contribution >= 0.6 is 11.6 Å². The smallest absolute Gasteiger partial charge is 0.244 e. The molecule has 2 aromatic rings. The van der Waals surface area contributed by atoms with Crippen molar-refractivity contribution < 1.29 is 18.0 Å². The molecule has 9 heteroatoms. The van der Waals surface area contributed by atoms with Crippen LogP contribution in [0.3, 0.4) is 0 Å². The first-order valence-electron chi connectivity index (χ1n) is 11.9. The van der Waals surface area contributed by atoms with Gasteiger partial charge in [-0.2, -0.15) is 0 Å². The van der Waals surface area contributed by atoms with Crippen molar-refractivity contribution in [2.45, 2.75) is 65.6 Å². The van der Waals surface area contributed by atoms with E-state index in [4.69, 9.17) is 11.6 Å². The molecule has 1 N–H and O–H groups in total. The molecule has 0 saturated carbocycles. The van der Waals surface area contributed by atoms with E-state index >= 15 is 0 Å². The molecule has 0 radical (unpaired) electrons. The predicted molar refractivity (Wildman–Crippen MR) is 142 cm³/mol. The Morgan fingerprint density at radius 1 is 0.943 bits per heavy atom. The third-order valence-corrected chi connectivity index (χ3v) is 7.36. The van der Waals surface area contributed by atoms with E-state index in [1.54, 1.807) is 36.4 Å². The predicted octanol–water partition coefficient (Wildman–Crippen LogP) is 4.39. The Hall–Kier alpha value is -2.58. The summed E-state index contributed by atoms with van der Waals surface area (Å²) in [6.07, 6.45) is 3.02. The van der Waals surface area contributed by atoms with Crippen LogP contribution in [0, 0.1) is 0 Å². The lowest BCUT2D eigenvalue weighted by Crippen LogP contribution is -2.53. The minimum absolute atomic E-state index is 0.0476.